The summed E-state index contributed by atoms with van der Waals surface area (Å²) in [4.78, 5) is 35.2. The Labute approximate surface area is 206 Å². The van der Waals surface area contributed by atoms with E-state index in [4.69, 9.17) is 4.74 Å². The Morgan fingerprint density at radius 3 is 2.71 bits per heavy atom. The van der Waals surface area contributed by atoms with Crippen LogP contribution in [0.3, 0.4) is 0 Å². The van der Waals surface area contributed by atoms with Crippen molar-refractivity contribution in [3.8, 4) is 0 Å². The summed E-state index contributed by atoms with van der Waals surface area (Å²) < 4.78 is 6.11. The van der Waals surface area contributed by atoms with Gasteiger partial charge >= 0.3 is 5.97 Å². The first-order chi connectivity index (χ1) is 15.9. The fraction of sp³-hybridized carbons (Fsp3) is 0.600. The quantitative estimate of drug-likeness (QED) is 0.399. The molecule has 0 unspecified atom stereocenters. The van der Waals surface area contributed by atoms with E-state index in [1.807, 2.05) is 6.92 Å². The highest BCUT2D eigenvalue weighted by molar-refractivity contribution is 9.10. The summed E-state index contributed by atoms with van der Waals surface area (Å²) in [5.41, 5.74) is -3.07. The molecule has 0 aromatic carbocycles. The van der Waals surface area contributed by atoms with Gasteiger partial charge in [0, 0.05) is 12.1 Å². The molecule has 1 aromatic rings. The van der Waals surface area contributed by atoms with Crippen molar-refractivity contribution in [1.29, 1.82) is 0 Å². The Morgan fingerprint density at radius 1 is 1.35 bits per heavy atom. The molecule has 182 valence electrons. The molecule has 0 aliphatic heterocycles. The van der Waals surface area contributed by atoms with Crippen LogP contribution in [0.15, 0.2) is 40.3 Å². The Kier molecular flexibility index (Phi) is 5.27. The van der Waals surface area contributed by atoms with Gasteiger partial charge in [0.1, 0.15) is 12.4 Å². The summed E-state index contributed by atoms with van der Waals surface area (Å²) in [7, 11) is 0. The maximum atomic E-state index is 14.3. The first-order valence-corrected chi connectivity index (χ1v) is 12.3. The molecule has 3 N–H and O–H groups in total. The number of hydrogen-bond acceptors (Lipinski definition) is 8. The van der Waals surface area contributed by atoms with E-state index in [0.717, 1.165) is 0 Å². The third-order valence-corrected chi connectivity index (χ3v) is 9.56. The average Bonchev–Trinajstić information content (AvgIpc) is 3.28. The number of aliphatic hydroxyl groups excluding tert-OH is 2. The number of rotatable bonds is 3. The Balaban J connectivity index is 1.65. The van der Waals surface area contributed by atoms with E-state index < -0.39 is 41.7 Å². The standard InChI is InChI=1S/C25H29BrN2O6/c1-11-7-24-12(2)5-15-17(23(15,3)4)14(20(24)31)6-13(9-29)19(30)25(24,33)21(11)34-22(32)18-16(26)8-27-10-28-18/h6-8,10,12,14-15,17,19,21,29-30,33H,5,9H2,1-4H3/t12-,14+,15-,17+,19-,21+,24+,25+/m1/s1. The molecule has 1 aromatic heterocycles. The van der Waals surface area contributed by atoms with Gasteiger partial charge < -0.3 is 20.1 Å². The van der Waals surface area contributed by atoms with Crippen LogP contribution in [0.25, 0.3) is 0 Å². The molecule has 0 saturated heterocycles. The zero-order valence-electron chi connectivity index (χ0n) is 19.5. The smallest absolute Gasteiger partial charge is 0.358 e. The van der Waals surface area contributed by atoms with Crippen molar-refractivity contribution in [2.24, 2.45) is 34.5 Å². The summed E-state index contributed by atoms with van der Waals surface area (Å²) in [5, 5.41) is 34.0. The van der Waals surface area contributed by atoms with Crippen molar-refractivity contribution in [1.82, 2.24) is 9.97 Å². The van der Waals surface area contributed by atoms with Gasteiger partial charge in [-0.15, -0.1) is 0 Å². The van der Waals surface area contributed by atoms with Crippen LogP contribution in [0.2, 0.25) is 0 Å². The number of nitrogens with zero attached hydrogens (tertiary/aromatic N) is 2. The van der Waals surface area contributed by atoms with Gasteiger partial charge in [0.25, 0.3) is 0 Å². The van der Waals surface area contributed by atoms with Gasteiger partial charge in [0.15, 0.2) is 23.2 Å². The lowest BCUT2D eigenvalue weighted by atomic mass is 9.59. The molecule has 9 heteroatoms. The molecular formula is C25H29BrN2O6. The Hall–Kier alpha value is -1.94. The third kappa shape index (κ3) is 2.81. The summed E-state index contributed by atoms with van der Waals surface area (Å²) >= 11 is 3.23. The average molecular weight is 533 g/mol. The van der Waals surface area contributed by atoms with Crippen LogP contribution in [0.5, 0.6) is 0 Å². The zero-order chi connectivity index (χ0) is 24.8. The number of Topliss-reactive ketones (excluding diaryl/α,β-unsaturated/α-hetero) is 1. The van der Waals surface area contributed by atoms with Crippen molar-refractivity contribution >= 4 is 27.7 Å². The lowest BCUT2D eigenvalue weighted by Crippen LogP contribution is -2.65. The van der Waals surface area contributed by atoms with Crippen LogP contribution >= 0.6 is 15.9 Å². The van der Waals surface area contributed by atoms with Crippen LogP contribution in [0, 0.1) is 34.5 Å². The summed E-state index contributed by atoms with van der Waals surface area (Å²) in [6, 6.07) is 0. The number of allylic oxidation sites excluding steroid dienone is 1. The third-order valence-electron chi connectivity index (χ3n) is 8.98. The number of ketones is 1. The molecule has 8 atom stereocenters. The molecule has 1 heterocycles. The number of aromatic nitrogens is 2. The van der Waals surface area contributed by atoms with Crippen molar-refractivity contribution in [2.45, 2.75) is 51.9 Å². The molecule has 34 heavy (non-hydrogen) atoms. The van der Waals surface area contributed by atoms with Crippen LogP contribution in [0.1, 0.15) is 44.6 Å². The van der Waals surface area contributed by atoms with Crippen LogP contribution in [-0.2, 0) is 9.53 Å². The van der Waals surface area contributed by atoms with Crippen molar-refractivity contribution < 1.29 is 29.6 Å². The normalized spacial score (nSPS) is 41.9. The number of esters is 1. The number of carbonyl (C=O) groups excluding carboxylic acids is 2. The zero-order valence-corrected chi connectivity index (χ0v) is 21.1. The van der Waals surface area contributed by atoms with E-state index in [0.29, 0.717) is 16.5 Å². The molecule has 1 spiro atoms. The molecule has 0 radical (unpaired) electrons. The van der Waals surface area contributed by atoms with E-state index in [2.05, 4.69) is 39.7 Å². The van der Waals surface area contributed by atoms with Gasteiger partial charge in [-0.1, -0.05) is 32.9 Å². The highest BCUT2D eigenvalue weighted by Crippen LogP contribution is 2.71. The number of ether oxygens (including phenoxy) is 1. The second-order valence-electron chi connectivity index (χ2n) is 10.9. The lowest BCUT2D eigenvalue weighted by molar-refractivity contribution is -0.190. The molecule has 4 aliphatic rings. The first-order valence-electron chi connectivity index (χ1n) is 11.5. The largest absolute Gasteiger partial charge is 0.450 e. The SMILES string of the molecule is CC1=C[C@]23C(=O)[C@@H](C=C(CO)[C@@H](O)[C@]2(O)[C@H]1OC(=O)c1ncncc1Br)[C@H]1[C@@H](C[C@H]3C)C1(C)C. The predicted octanol–water partition coefficient (Wildman–Crippen LogP) is 2.23. The molecule has 8 nitrogen and oxygen atoms in total. The minimum Gasteiger partial charge on any atom is -0.450 e. The topological polar surface area (TPSA) is 130 Å². The Morgan fingerprint density at radius 2 is 2.06 bits per heavy atom. The number of hydrogen-bond donors (Lipinski definition) is 3. The predicted molar refractivity (Wildman–Crippen MR) is 124 cm³/mol. The van der Waals surface area contributed by atoms with E-state index in [9.17, 15) is 24.9 Å². The molecule has 2 bridgehead atoms. The molecule has 0 amide bonds. The van der Waals surface area contributed by atoms with E-state index in [-0.39, 0.29) is 40.2 Å². The van der Waals surface area contributed by atoms with Gasteiger partial charge in [-0.3, -0.25) is 4.79 Å². The van der Waals surface area contributed by atoms with Crippen molar-refractivity contribution in [2.75, 3.05) is 6.61 Å². The van der Waals surface area contributed by atoms with E-state index in [1.54, 1.807) is 19.1 Å². The fourth-order valence-electron chi connectivity index (χ4n) is 7.22. The second kappa shape index (κ2) is 7.53. The van der Waals surface area contributed by atoms with Gasteiger partial charge in [-0.05, 0) is 63.6 Å². The Bertz CT molecular complexity index is 1150. The minimum absolute atomic E-state index is 0.0329. The highest BCUT2D eigenvalue weighted by atomic mass is 79.9. The number of aliphatic hydroxyl groups is 3. The number of halogens is 1. The van der Waals surface area contributed by atoms with Gasteiger partial charge in [0.2, 0.25) is 0 Å². The van der Waals surface area contributed by atoms with E-state index >= 15 is 0 Å². The van der Waals surface area contributed by atoms with Crippen LogP contribution < -0.4 is 0 Å². The molecule has 4 aliphatic carbocycles. The molecule has 2 fully saturated rings. The van der Waals surface area contributed by atoms with Crippen molar-refractivity contribution in [3.05, 3.63) is 46.0 Å². The van der Waals surface area contributed by atoms with Gasteiger partial charge in [-0.2, -0.15) is 0 Å². The number of carbonyl (C=O) groups is 2. The summed E-state index contributed by atoms with van der Waals surface area (Å²) in [5.74, 6) is -1.55. The maximum absolute atomic E-state index is 14.3. The fourth-order valence-corrected chi connectivity index (χ4v) is 7.60. The van der Waals surface area contributed by atoms with Gasteiger partial charge in [0.05, 0.1) is 16.5 Å². The first kappa shape index (κ1) is 23.8. The summed E-state index contributed by atoms with van der Waals surface area (Å²) in [6.45, 7) is 7.36. The highest BCUT2D eigenvalue weighted by Gasteiger charge is 2.76. The molecular weight excluding hydrogens is 504 g/mol. The maximum Gasteiger partial charge on any atom is 0.358 e. The molecule has 2 saturated carbocycles. The van der Waals surface area contributed by atoms with Crippen LogP contribution in [0.4, 0.5) is 0 Å². The summed E-state index contributed by atoms with van der Waals surface area (Å²) in [6.07, 6.45) is 3.75. The van der Waals surface area contributed by atoms with E-state index in [1.165, 1.54) is 12.5 Å². The monoisotopic (exact) mass is 532 g/mol. The molecule has 5 rings (SSSR count). The number of fused-ring (bicyclic) bond motifs is 3. The van der Waals surface area contributed by atoms with Crippen LogP contribution in [-0.4, -0.2) is 61.5 Å². The second-order valence-corrected chi connectivity index (χ2v) is 11.7. The van der Waals surface area contributed by atoms with Gasteiger partial charge in [-0.25, -0.2) is 14.8 Å². The van der Waals surface area contributed by atoms with Crippen molar-refractivity contribution in [3.63, 3.8) is 0 Å². The lowest BCUT2D eigenvalue weighted by Gasteiger charge is -2.48. The minimum atomic E-state index is -2.17.